The summed E-state index contributed by atoms with van der Waals surface area (Å²) in [6.45, 7) is 1.81. The van der Waals surface area contributed by atoms with Crippen molar-refractivity contribution in [2.75, 3.05) is 0 Å². The number of hydrogen-bond acceptors (Lipinski definition) is 4. The standard InChI is InChI=1S/C23H23FN2O2/c1-16(27)5-3-2-4-6-17-7-9-18(10-8-17)19-14-25-23(26-15-19)21-12-11-20(28)13-22(21)24/h4,6-16,27-28H,2-3,5H2,1H3/b6-4+. The Bertz CT molecular complexity index is 936. The second-order valence-electron chi connectivity index (χ2n) is 6.76. The van der Waals surface area contributed by atoms with Gasteiger partial charge in [-0.05, 0) is 49.4 Å². The van der Waals surface area contributed by atoms with E-state index < -0.39 is 5.82 Å². The zero-order valence-corrected chi connectivity index (χ0v) is 15.7. The lowest BCUT2D eigenvalue weighted by atomic mass is 10.1. The first-order valence-corrected chi connectivity index (χ1v) is 9.29. The Morgan fingerprint density at radius 3 is 2.39 bits per heavy atom. The summed E-state index contributed by atoms with van der Waals surface area (Å²) < 4.78 is 13.9. The average Bonchev–Trinajstić information content (AvgIpc) is 2.68. The number of rotatable bonds is 7. The number of aliphatic hydroxyl groups is 1. The fourth-order valence-corrected chi connectivity index (χ4v) is 2.84. The molecular formula is C23H23FN2O2. The molecule has 0 spiro atoms. The van der Waals surface area contributed by atoms with Gasteiger partial charge in [0.2, 0.25) is 0 Å². The molecule has 1 aromatic heterocycles. The number of aliphatic hydroxyl groups excluding tert-OH is 1. The monoisotopic (exact) mass is 378 g/mol. The molecular weight excluding hydrogens is 355 g/mol. The Labute approximate surface area is 164 Å². The normalized spacial score (nSPS) is 12.4. The number of aromatic nitrogens is 2. The van der Waals surface area contributed by atoms with Gasteiger partial charge in [0.1, 0.15) is 11.6 Å². The molecule has 0 aliphatic carbocycles. The van der Waals surface area contributed by atoms with Crippen LogP contribution in [-0.2, 0) is 0 Å². The van der Waals surface area contributed by atoms with Gasteiger partial charge >= 0.3 is 0 Å². The Balaban J connectivity index is 1.66. The van der Waals surface area contributed by atoms with Gasteiger partial charge in [0.15, 0.2) is 5.82 Å². The smallest absolute Gasteiger partial charge is 0.162 e. The summed E-state index contributed by atoms with van der Waals surface area (Å²) in [6, 6.07) is 11.9. The van der Waals surface area contributed by atoms with Crippen LogP contribution in [0.25, 0.3) is 28.6 Å². The van der Waals surface area contributed by atoms with Gasteiger partial charge in [0.25, 0.3) is 0 Å². The summed E-state index contributed by atoms with van der Waals surface area (Å²) in [6.07, 6.45) is 9.98. The van der Waals surface area contributed by atoms with Gasteiger partial charge in [0, 0.05) is 24.0 Å². The zero-order chi connectivity index (χ0) is 19.9. The van der Waals surface area contributed by atoms with E-state index in [-0.39, 0.29) is 23.2 Å². The Kier molecular flexibility index (Phi) is 6.50. The van der Waals surface area contributed by atoms with E-state index in [0.29, 0.717) is 0 Å². The van der Waals surface area contributed by atoms with Crippen molar-refractivity contribution in [3.63, 3.8) is 0 Å². The van der Waals surface area contributed by atoms with Crippen LogP contribution < -0.4 is 0 Å². The van der Waals surface area contributed by atoms with Crippen LogP contribution in [0.2, 0.25) is 0 Å². The lowest BCUT2D eigenvalue weighted by Gasteiger charge is -2.05. The first-order valence-electron chi connectivity index (χ1n) is 9.29. The largest absolute Gasteiger partial charge is 0.508 e. The van der Waals surface area contributed by atoms with Crippen molar-refractivity contribution < 1.29 is 14.6 Å². The molecule has 0 radical (unpaired) electrons. The predicted octanol–water partition coefficient (Wildman–Crippen LogP) is 5.22. The number of unbranched alkanes of at least 4 members (excludes halogenated alkanes) is 1. The molecule has 0 bridgehead atoms. The molecule has 3 rings (SSSR count). The van der Waals surface area contributed by atoms with Crippen LogP contribution in [-0.4, -0.2) is 26.3 Å². The van der Waals surface area contributed by atoms with Gasteiger partial charge in [-0.25, -0.2) is 14.4 Å². The summed E-state index contributed by atoms with van der Waals surface area (Å²) in [4.78, 5) is 8.51. The van der Waals surface area contributed by atoms with Gasteiger partial charge in [-0.15, -0.1) is 0 Å². The van der Waals surface area contributed by atoms with E-state index in [1.807, 2.05) is 24.3 Å². The van der Waals surface area contributed by atoms with Crippen LogP contribution in [0.4, 0.5) is 4.39 Å². The third-order valence-corrected chi connectivity index (χ3v) is 4.39. The van der Waals surface area contributed by atoms with Gasteiger partial charge in [-0.1, -0.05) is 36.4 Å². The first-order chi connectivity index (χ1) is 13.5. The van der Waals surface area contributed by atoms with Crippen LogP contribution in [0.5, 0.6) is 5.75 Å². The summed E-state index contributed by atoms with van der Waals surface area (Å²) in [5.41, 5.74) is 3.17. The summed E-state index contributed by atoms with van der Waals surface area (Å²) in [7, 11) is 0. The average molecular weight is 378 g/mol. The van der Waals surface area contributed by atoms with Crippen molar-refractivity contribution in [1.82, 2.24) is 9.97 Å². The molecule has 1 heterocycles. The number of nitrogens with zero attached hydrogens (tertiary/aromatic N) is 2. The molecule has 0 aliphatic heterocycles. The number of halogens is 1. The van der Waals surface area contributed by atoms with Crippen molar-refractivity contribution in [2.45, 2.75) is 32.3 Å². The minimum absolute atomic E-state index is 0.130. The van der Waals surface area contributed by atoms with E-state index in [4.69, 9.17) is 0 Å². The molecule has 1 atom stereocenters. The molecule has 3 aromatic rings. The molecule has 0 amide bonds. The van der Waals surface area contributed by atoms with E-state index in [9.17, 15) is 14.6 Å². The molecule has 0 fully saturated rings. The zero-order valence-electron chi connectivity index (χ0n) is 15.7. The van der Waals surface area contributed by atoms with Crippen molar-refractivity contribution in [2.24, 2.45) is 0 Å². The van der Waals surface area contributed by atoms with Crippen LogP contribution in [0.15, 0.2) is 60.9 Å². The topological polar surface area (TPSA) is 66.2 Å². The maximum absolute atomic E-state index is 13.9. The maximum Gasteiger partial charge on any atom is 0.162 e. The second-order valence-corrected chi connectivity index (χ2v) is 6.76. The van der Waals surface area contributed by atoms with Crippen molar-refractivity contribution in [1.29, 1.82) is 0 Å². The number of allylic oxidation sites excluding steroid dienone is 1. The van der Waals surface area contributed by atoms with E-state index >= 15 is 0 Å². The molecule has 4 nitrogen and oxygen atoms in total. The highest BCUT2D eigenvalue weighted by Crippen LogP contribution is 2.25. The van der Waals surface area contributed by atoms with Crippen molar-refractivity contribution >= 4 is 6.08 Å². The van der Waals surface area contributed by atoms with Crippen molar-refractivity contribution in [3.05, 3.63) is 72.3 Å². The molecule has 0 saturated carbocycles. The first kappa shape index (κ1) is 19.7. The van der Waals surface area contributed by atoms with E-state index in [1.165, 1.54) is 12.1 Å². The Morgan fingerprint density at radius 1 is 1.04 bits per heavy atom. The van der Waals surface area contributed by atoms with Crippen LogP contribution in [0.1, 0.15) is 31.7 Å². The summed E-state index contributed by atoms with van der Waals surface area (Å²) >= 11 is 0. The van der Waals surface area contributed by atoms with Gasteiger partial charge in [-0.3, -0.25) is 0 Å². The van der Waals surface area contributed by atoms with Crippen LogP contribution >= 0.6 is 0 Å². The molecule has 2 N–H and O–H groups in total. The number of hydrogen-bond donors (Lipinski definition) is 2. The lowest BCUT2D eigenvalue weighted by Crippen LogP contribution is -1.97. The van der Waals surface area contributed by atoms with E-state index in [2.05, 4.69) is 22.1 Å². The third kappa shape index (κ3) is 5.24. The highest BCUT2D eigenvalue weighted by Gasteiger charge is 2.09. The number of phenolic OH excluding ortho intramolecular Hbond substituents is 1. The van der Waals surface area contributed by atoms with E-state index in [0.717, 1.165) is 42.0 Å². The quantitative estimate of drug-likeness (QED) is 0.553. The molecule has 0 aliphatic rings. The van der Waals surface area contributed by atoms with Crippen LogP contribution in [0, 0.1) is 5.82 Å². The van der Waals surface area contributed by atoms with Gasteiger partial charge in [0.05, 0.1) is 11.7 Å². The maximum atomic E-state index is 13.9. The summed E-state index contributed by atoms with van der Waals surface area (Å²) in [5, 5.41) is 18.6. The SMILES string of the molecule is CC(O)CCC/C=C/c1ccc(-c2cnc(-c3ccc(O)cc3F)nc2)cc1. The second kappa shape index (κ2) is 9.24. The number of aromatic hydroxyl groups is 1. The van der Waals surface area contributed by atoms with Crippen LogP contribution in [0.3, 0.4) is 0 Å². The van der Waals surface area contributed by atoms with E-state index in [1.54, 1.807) is 19.3 Å². The molecule has 1 unspecified atom stereocenters. The molecule has 2 aromatic carbocycles. The molecule has 5 heteroatoms. The number of phenols is 1. The lowest BCUT2D eigenvalue weighted by molar-refractivity contribution is 0.182. The molecule has 144 valence electrons. The third-order valence-electron chi connectivity index (χ3n) is 4.39. The predicted molar refractivity (Wildman–Crippen MR) is 109 cm³/mol. The van der Waals surface area contributed by atoms with Crippen molar-refractivity contribution in [3.8, 4) is 28.3 Å². The molecule has 0 saturated heterocycles. The van der Waals surface area contributed by atoms with Gasteiger partial charge < -0.3 is 10.2 Å². The molecule has 28 heavy (non-hydrogen) atoms. The minimum atomic E-state index is -0.558. The van der Waals surface area contributed by atoms with Gasteiger partial charge in [-0.2, -0.15) is 0 Å². The highest BCUT2D eigenvalue weighted by atomic mass is 19.1. The Morgan fingerprint density at radius 2 is 1.75 bits per heavy atom. The number of benzene rings is 2. The highest BCUT2D eigenvalue weighted by molar-refractivity contribution is 5.66. The fourth-order valence-electron chi connectivity index (χ4n) is 2.84. The minimum Gasteiger partial charge on any atom is -0.508 e. The fraction of sp³-hybridized carbons (Fsp3) is 0.217. The summed E-state index contributed by atoms with van der Waals surface area (Å²) in [5.74, 6) is -0.412. The Hall–Kier alpha value is -3.05.